The van der Waals surface area contributed by atoms with Crippen LogP contribution in [0.2, 0.25) is 0 Å². The number of para-hydroxylation sites is 1. The van der Waals surface area contributed by atoms with Gasteiger partial charge in [-0.05, 0) is 55.0 Å². The van der Waals surface area contributed by atoms with E-state index in [4.69, 9.17) is 0 Å². The van der Waals surface area contributed by atoms with E-state index in [0.717, 1.165) is 27.9 Å². The number of carbonyl (C=O) groups is 1. The van der Waals surface area contributed by atoms with Crippen molar-refractivity contribution >= 4 is 11.6 Å². The Hall–Kier alpha value is -2.09. The lowest BCUT2D eigenvalue weighted by molar-refractivity contribution is 0.102. The minimum absolute atomic E-state index is 0.0348. The van der Waals surface area contributed by atoms with Crippen molar-refractivity contribution in [2.75, 3.05) is 5.32 Å². The van der Waals surface area contributed by atoms with E-state index in [0.29, 0.717) is 5.92 Å². The molecular formula is C19H23NO. The van der Waals surface area contributed by atoms with Gasteiger partial charge >= 0.3 is 0 Å². The number of aryl methyl sites for hydroxylation is 2. The molecule has 21 heavy (non-hydrogen) atoms. The van der Waals surface area contributed by atoms with Gasteiger partial charge in [-0.3, -0.25) is 4.79 Å². The molecule has 1 amide bonds. The van der Waals surface area contributed by atoms with Gasteiger partial charge in [-0.15, -0.1) is 0 Å². The number of amides is 1. The molecule has 0 spiro atoms. The van der Waals surface area contributed by atoms with Crippen molar-refractivity contribution in [1.29, 1.82) is 0 Å². The second-order valence-electron chi connectivity index (χ2n) is 5.90. The Balaban J connectivity index is 2.39. The summed E-state index contributed by atoms with van der Waals surface area (Å²) in [6.07, 6.45) is 0. The highest BCUT2D eigenvalue weighted by atomic mass is 16.1. The lowest BCUT2D eigenvalue weighted by Gasteiger charge is -2.17. The molecule has 0 radical (unpaired) electrons. The summed E-state index contributed by atoms with van der Waals surface area (Å²) in [6.45, 7) is 10.3. The van der Waals surface area contributed by atoms with Crippen molar-refractivity contribution in [3.63, 3.8) is 0 Å². The molecule has 0 aliphatic carbocycles. The Morgan fingerprint density at radius 2 is 1.57 bits per heavy atom. The first-order valence-corrected chi connectivity index (χ1v) is 7.39. The summed E-state index contributed by atoms with van der Waals surface area (Å²) in [7, 11) is 0. The smallest absolute Gasteiger partial charge is 0.255 e. The van der Waals surface area contributed by atoms with Crippen LogP contribution >= 0.6 is 0 Å². The number of hydrogen-bond donors (Lipinski definition) is 1. The first-order valence-electron chi connectivity index (χ1n) is 7.39. The Bertz CT molecular complexity index is 671. The van der Waals surface area contributed by atoms with Gasteiger partial charge in [0, 0.05) is 11.3 Å². The normalized spacial score (nSPS) is 10.8. The van der Waals surface area contributed by atoms with Crippen LogP contribution in [0.15, 0.2) is 36.4 Å². The van der Waals surface area contributed by atoms with E-state index >= 15 is 0 Å². The second kappa shape index (κ2) is 6.13. The number of rotatable bonds is 3. The van der Waals surface area contributed by atoms with Crippen molar-refractivity contribution in [2.45, 2.75) is 40.5 Å². The fourth-order valence-electron chi connectivity index (χ4n) is 2.52. The maximum atomic E-state index is 12.6. The van der Waals surface area contributed by atoms with Gasteiger partial charge in [-0.25, -0.2) is 0 Å². The van der Waals surface area contributed by atoms with Crippen LogP contribution in [0.25, 0.3) is 0 Å². The topological polar surface area (TPSA) is 29.1 Å². The zero-order chi connectivity index (χ0) is 15.6. The molecule has 2 aromatic rings. The number of anilines is 1. The Kier molecular flexibility index (Phi) is 4.46. The fraction of sp³-hybridized carbons (Fsp3) is 0.316. The van der Waals surface area contributed by atoms with Crippen LogP contribution in [0.3, 0.4) is 0 Å². The van der Waals surface area contributed by atoms with Crippen LogP contribution in [0.5, 0.6) is 0 Å². The standard InChI is InChI=1S/C19H23NO/c1-12(2)16-10-7-9-14(4)18(16)20-19(21)17-11-6-8-13(3)15(17)5/h6-12H,1-5H3,(H,20,21). The number of nitrogens with one attached hydrogen (secondary N) is 1. The first-order chi connectivity index (χ1) is 9.91. The third-order valence-corrected chi connectivity index (χ3v) is 4.01. The summed E-state index contributed by atoms with van der Waals surface area (Å²) in [5.41, 5.74) is 6.13. The maximum Gasteiger partial charge on any atom is 0.255 e. The molecule has 0 unspecified atom stereocenters. The van der Waals surface area contributed by atoms with Crippen LogP contribution in [0.1, 0.15) is 52.4 Å². The molecule has 2 rings (SSSR count). The van der Waals surface area contributed by atoms with Crippen molar-refractivity contribution in [1.82, 2.24) is 0 Å². The van der Waals surface area contributed by atoms with E-state index in [1.165, 1.54) is 5.56 Å². The zero-order valence-electron chi connectivity index (χ0n) is 13.4. The molecule has 0 atom stereocenters. The highest BCUT2D eigenvalue weighted by Crippen LogP contribution is 2.28. The molecule has 0 fully saturated rings. The lowest BCUT2D eigenvalue weighted by atomic mass is 9.97. The monoisotopic (exact) mass is 281 g/mol. The van der Waals surface area contributed by atoms with Gasteiger partial charge in [0.1, 0.15) is 0 Å². The molecule has 0 aliphatic rings. The van der Waals surface area contributed by atoms with Gasteiger partial charge in [0.05, 0.1) is 0 Å². The maximum absolute atomic E-state index is 12.6. The minimum atomic E-state index is -0.0348. The summed E-state index contributed by atoms with van der Waals surface area (Å²) < 4.78 is 0. The quantitative estimate of drug-likeness (QED) is 0.844. The SMILES string of the molecule is Cc1cccc(C(=O)Nc2c(C)cccc2C(C)C)c1C. The number of hydrogen-bond acceptors (Lipinski definition) is 1. The highest BCUT2D eigenvalue weighted by Gasteiger charge is 2.15. The highest BCUT2D eigenvalue weighted by molar-refractivity contribution is 6.06. The first kappa shape index (κ1) is 15.3. The molecule has 2 nitrogen and oxygen atoms in total. The molecule has 0 aliphatic heterocycles. The molecule has 0 saturated heterocycles. The lowest BCUT2D eigenvalue weighted by Crippen LogP contribution is -2.16. The van der Waals surface area contributed by atoms with Crippen LogP contribution in [-0.4, -0.2) is 5.91 Å². The van der Waals surface area contributed by atoms with Crippen LogP contribution < -0.4 is 5.32 Å². The summed E-state index contributed by atoms with van der Waals surface area (Å²) in [4.78, 5) is 12.6. The summed E-state index contributed by atoms with van der Waals surface area (Å²) in [6, 6.07) is 12.0. The second-order valence-corrected chi connectivity index (χ2v) is 5.90. The molecule has 1 N–H and O–H groups in total. The number of carbonyl (C=O) groups excluding carboxylic acids is 1. The van der Waals surface area contributed by atoms with Crippen LogP contribution in [0.4, 0.5) is 5.69 Å². The van der Waals surface area contributed by atoms with Gasteiger partial charge < -0.3 is 5.32 Å². The molecular weight excluding hydrogens is 258 g/mol. The van der Waals surface area contributed by atoms with Gasteiger partial charge in [-0.1, -0.05) is 44.2 Å². The molecule has 0 aromatic heterocycles. The van der Waals surface area contributed by atoms with E-state index in [9.17, 15) is 4.79 Å². The molecule has 0 bridgehead atoms. The van der Waals surface area contributed by atoms with Gasteiger partial charge in [-0.2, -0.15) is 0 Å². The van der Waals surface area contributed by atoms with Gasteiger partial charge in [0.15, 0.2) is 0 Å². The van der Waals surface area contributed by atoms with E-state index in [-0.39, 0.29) is 5.91 Å². The molecule has 110 valence electrons. The third-order valence-electron chi connectivity index (χ3n) is 4.01. The Morgan fingerprint density at radius 3 is 2.24 bits per heavy atom. The van der Waals surface area contributed by atoms with Gasteiger partial charge in [0.25, 0.3) is 5.91 Å². The summed E-state index contributed by atoms with van der Waals surface area (Å²) >= 11 is 0. The molecule has 2 aromatic carbocycles. The van der Waals surface area contributed by atoms with E-state index in [1.807, 2.05) is 51.1 Å². The summed E-state index contributed by atoms with van der Waals surface area (Å²) in [5, 5.41) is 3.11. The largest absolute Gasteiger partial charge is 0.321 e. The predicted molar refractivity (Wildman–Crippen MR) is 89.1 cm³/mol. The average Bonchev–Trinajstić information content (AvgIpc) is 2.43. The molecule has 0 saturated carbocycles. The van der Waals surface area contributed by atoms with E-state index in [1.54, 1.807) is 0 Å². The van der Waals surface area contributed by atoms with Crippen LogP contribution in [-0.2, 0) is 0 Å². The molecule has 0 heterocycles. The van der Waals surface area contributed by atoms with Crippen molar-refractivity contribution in [3.05, 3.63) is 64.2 Å². The van der Waals surface area contributed by atoms with Crippen molar-refractivity contribution in [2.24, 2.45) is 0 Å². The van der Waals surface area contributed by atoms with Crippen molar-refractivity contribution in [3.8, 4) is 0 Å². The predicted octanol–water partition coefficient (Wildman–Crippen LogP) is 4.99. The third kappa shape index (κ3) is 3.15. The van der Waals surface area contributed by atoms with E-state index in [2.05, 4.69) is 25.2 Å². The number of benzene rings is 2. The molecule has 2 heteroatoms. The average molecular weight is 281 g/mol. The van der Waals surface area contributed by atoms with E-state index < -0.39 is 0 Å². The fourth-order valence-corrected chi connectivity index (χ4v) is 2.52. The minimum Gasteiger partial charge on any atom is -0.321 e. The van der Waals surface area contributed by atoms with Gasteiger partial charge in [0.2, 0.25) is 0 Å². The Labute approximate surface area is 127 Å². The Morgan fingerprint density at radius 1 is 0.952 bits per heavy atom. The summed E-state index contributed by atoms with van der Waals surface area (Å²) in [5.74, 6) is 0.339. The van der Waals surface area contributed by atoms with Crippen LogP contribution in [0, 0.1) is 20.8 Å². The zero-order valence-corrected chi connectivity index (χ0v) is 13.4. The van der Waals surface area contributed by atoms with Crippen molar-refractivity contribution < 1.29 is 4.79 Å².